The Hall–Kier alpha value is -0.680. The highest BCUT2D eigenvalue weighted by Gasteiger charge is 2.26. The summed E-state index contributed by atoms with van der Waals surface area (Å²) in [6.07, 6.45) is 2.63. The minimum atomic E-state index is 0.168. The van der Waals surface area contributed by atoms with Crippen LogP contribution in [0.15, 0.2) is 0 Å². The van der Waals surface area contributed by atoms with E-state index in [2.05, 4.69) is 17.1 Å². The molecule has 92 valence electrons. The van der Waals surface area contributed by atoms with Crippen LogP contribution in [-0.2, 0) is 4.79 Å². The van der Waals surface area contributed by atoms with E-state index in [1.165, 1.54) is 0 Å². The van der Waals surface area contributed by atoms with Gasteiger partial charge in [0, 0.05) is 25.4 Å². The number of nitrogens with zero attached hydrogens (tertiary/aromatic N) is 1. The van der Waals surface area contributed by atoms with Crippen LogP contribution in [0.25, 0.3) is 0 Å². The third kappa shape index (κ3) is 3.72. The second kappa shape index (κ2) is 6.15. The van der Waals surface area contributed by atoms with Crippen molar-refractivity contribution >= 4 is 23.1 Å². The van der Waals surface area contributed by atoms with Gasteiger partial charge in [-0.2, -0.15) is 0 Å². The number of nitrogens with one attached hydrogen (secondary N) is 1. The lowest BCUT2D eigenvalue weighted by Crippen LogP contribution is -2.44. The summed E-state index contributed by atoms with van der Waals surface area (Å²) >= 11 is 4.91. The molecule has 1 saturated heterocycles. The van der Waals surface area contributed by atoms with Crippen LogP contribution in [0, 0.1) is 5.92 Å². The van der Waals surface area contributed by atoms with E-state index < -0.39 is 0 Å². The normalized spacial score (nSPS) is 20.4. The van der Waals surface area contributed by atoms with Crippen molar-refractivity contribution < 1.29 is 4.79 Å². The molecule has 1 unspecified atom stereocenters. The van der Waals surface area contributed by atoms with Gasteiger partial charge in [-0.05, 0) is 32.9 Å². The van der Waals surface area contributed by atoms with E-state index >= 15 is 0 Å². The summed E-state index contributed by atoms with van der Waals surface area (Å²) < 4.78 is 0. The molecule has 1 aliphatic rings. The first-order valence-corrected chi connectivity index (χ1v) is 6.19. The maximum atomic E-state index is 11.5. The number of carbonyl (C=O) groups is 1. The van der Waals surface area contributed by atoms with Gasteiger partial charge in [0.25, 0.3) is 0 Å². The Kier molecular flexibility index (Phi) is 5.15. The Morgan fingerprint density at radius 3 is 2.56 bits per heavy atom. The molecule has 1 heterocycles. The van der Waals surface area contributed by atoms with Crippen molar-refractivity contribution in [2.24, 2.45) is 11.7 Å². The number of carbonyl (C=O) groups excluding carboxylic acids is 1. The van der Waals surface area contributed by atoms with Crippen molar-refractivity contribution in [3.05, 3.63) is 0 Å². The number of piperidine rings is 1. The highest BCUT2D eigenvalue weighted by atomic mass is 32.1. The lowest BCUT2D eigenvalue weighted by Gasteiger charge is -2.35. The Labute approximate surface area is 103 Å². The largest absolute Gasteiger partial charge is 0.393 e. The van der Waals surface area contributed by atoms with Gasteiger partial charge in [-0.25, -0.2) is 0 Å². The van der Waals surface area contributed by atoms with Gasteiger partial charge >= 0.3 is 0 Å². The van der Waals surface area contributed by atoms with Crippen LogP contribution >= 0.6 is 12.2 Å². The summed E-state index contributed by atoms with van der Waals surface area (Å²) in [6.45, 7) is 4.06. The molecule has 5 heteroatoms. The zero-order valence-corrected chi connectivity index (χ0v) is 10.8. The fourth-order valence-electron chi connectivity index (χ4n) is 2.23. The Bertz CT molecular complexity index is 262. The first-order valence-electron chi connectivity index (χ1n) is 5.78. The SMILES string of the molecule is CNC(=O)C1CCN(C(C)CC(N)=S)CC1. The predicted molar refractivity (Wildman–Crippen MR) is 69.2 cm³/mol. The number of likely N-dealkylation sites (tertiary alicyclic amines) is 1. The van der Waals surface area contributed by atoms with Crippen molar-refractivity contribution in [3.8, 4) is 0 Å². The Morgan fingerprint density at radius 1 is 1.56 bits per heavy atom. The molecular weight excluding hydrogens is 222 g/mol. The number of thiocarbonyl (C=S) groups is 1. The second-order valence-corrected chi connectivity index (χ2v) is 4.97. The van der Waals surface area contributed by atoms with Crippen LogP contribution in [0.5, 0.6) is 0 Å². The Balaban J connectivity index is 2.36. The van der Waals surface area contributed by atoms with Crippen LogP contribution in [-0.4, -0.2) is 42.0 Å². The third-order valence-corrected chi connectivity index (χ3v) is 3.43. The third-order valence-electron chi connectivity index (χ3n) is 3.27. The number of amides is 1. The van der Waals surface area contributed by atoms with Crippen LogP contribution in [0.3, 0.4) is 0 Å². The van der Waals surface area contributed by atoms with Gasteiger partial charge in [0.2, 0.25) is 5.91 Å². The number of hydrogen-bond donors (Lipinski definition) is 2. The lowest BCUT2D eigenvalue weighted by molar-refractivity contribution is -0.126. The first-order chi connectivity index (χ1) is 7.54. The van der Waals surface area contributed by atoms with Crippen LogP contribution in [0.2, 0.25) is 0 Å². The predicted octanol–water partition coefficient (Wildman–Crippen LogP) is 0.509. The van der Waals surface area contributed by atoms with Crippen molar-refractivity contribution in [1.82, 2.24) is 10.2 Å². The fourth-order valence-corrected chi connectivity index (χ4v) is 2.47. The van der Waals surface area contributed by atoms with Gasteiger partial charge in [0.1, 0.15) is 0 Å². The highest BCUT2D eigenvalue weighted by Crippen LogP contribution is 2.19. The van der Waals surface area contributed by atoms with Crippen molar-refractivity contribution in [2.75, 3.05) is 20.1 Å². The molecule has 4 nitrogen and oxygen atoms in total. The van der Waals surface area contributed by atoms with E-state index in [4.69, 9.17) is 18.0 Å². The van der Waals surface area contributed by atoms with E-state index in [1.54, 1.807) is 7.05 Å². The van der Waals surface area contributed by atoms with Gasteiger partial charge < -0.3 is 16.0 Å². The standard InChI is InChI=1S/C11H21N3OS/c1-8(7-10(12)16)14-5-3-9(4-6-14)11(15)13-2/h8-9H,3-7H2,1-2H3,(H2,12,16)(H,13,15). The van der Waals surface area contributed by atoms with Gasteiger partial charge in [0.15, 0.2) is 0 Å². The zero-order valence-electron chi connectivity index (χ0n) is 10.0. The Morgan fingerprint density at radius 2 is 2.12 bits per heavy atom. The topological polar surface area (TPSA) is 58.4 Å². The van der Waals surface area contributed by atoms with E-state index in [0.29, 0.717) is 11.0 Å². The quantitative estimate of drug-likeness (QED) is 0.706. The summed E-state index contributed by atoms with van der Waals surface area (Å²) in [5.41, 5.74) is 5.54. The molecule has 1 atom stereocenters. The minimum Gasteiger partial charge on any atom is -0.393 e. The van der Waals surface area contributed by atoms with Gasteiger partial charge in [-0.1, -0.05) is 12.2 Å². The van der Waals surface area contributed by atoms with E-state index in [0.717, 1.165) is 32.4 Å². The molecule has 1 amide bonds. The first kappa shape index (κ1) is 13.4. The van der Waals surface area contributed by atoms with Crippen molar-refractivity contribution in [2.45, 2.75) is 32.2 Å². The number of rotatable bonds is 4. The molecule has 0 saturated carbocycles. The average Bonchev–Trinajstić information content (AvgIpc) is 2.27. The molecule has 0 spiro atoms. The maximum Gasteiger partial charge on any atom is 0.222 e. The number of nitrogens with two attached hydrogens (primary N) is 1. The van der Waals surface area contributed by atoms with E-state index in [9.17, 15) is 4.79 Å². The molecule has 16 heavy (non-hydrogen) atoms. The molecule has 1 aliphatic heterocycles. The summed E-state index contributed by atoms with van der Waals surface area (Å²) in [5, 5.41) is 2.71. The van der Waals surface area contributed by atoms with Gasteiger partial charge in [-0.3, -0.25) is 4.79 Å². The molecule has 0 bridgehead atoms. The molecule has 1 fully saturated rings. The lowest BCUT2D eigenvalue weighted by atomic mass is 9.94. The molecule has 0 aliphatic carbocycles. The van der Waals surface area contributed by atoms with Gasteiger partial charge in [0.05, 0.1) is 4.99 Å². The summed E-state index contributed by atoms with van der Waals surface area (Å²) in [5.74, 6) is 0.347. The summed E-state index contributed by atoms with van der Waals surface area (Å²) in [7, 11) is 1.70. The van der Waals surface area contributed by atoms with Crippen LogP contribution in [0.4, 0.5) is 0 Å². The van der Waals surface area contributed by atoms with Crippen molar-refractivity contribution in [1.29, 1.82) is 0 Å². The molecule has 0 radical (unpaired) electrons. The molecule has 0 aromatic rings. The minimum absolute atomic E-state index is 0.168. The monoisotopic (exact) mass is 243 g/mol. The van der Waals surface area contributed by atoms with Gasteiger partial charge in [-0.15, -0.1) is 0 Å². The van der Waals surface area contributed by atoms with E-state index in [-0.39, 0.29) is 11.8 Å². The summed E-state index contributed by atoms with van der Waals surface area (Å²) in [6, 6.07) is 0.392. The molecule has 3 N–H and O–H groups in total. The van der Waals surface area contributed by atoms with Crippen LogP contribution < -0.4 is 11.1 Å². The molecular formula is C11H21N3OS. The fraction of sp³-hybridized carbons (Fsp3) is 0.818. The molecule has 0 aromatic heterocycles. The summed E-state index contributed by atoms with van der Waals surface area (Å²) in [4.78, 5) is 14.4. The van der Waals surface area contributed by atoms with E-state index in [1.807, 2.05) is 0 Å². The highest BCUT2D eigenvalue weighted by molar-refractivity contribution is 7.80. The second-order valence-electron chi connectivity index (χ2n) is 4.44. The van der Waals surface area contributed by atoms with Crippen molar-refractivity contribution in [3.63, 3.8) is 0 Å². The zero-order chi connectivity index (χ0) is 12.1. The average molecular weight is 243 g/mol. The maximum absolute atomic E-state index is 11.5. The smallest absolute Gasteiger partial charge is 0.222 e. The number of hydrogen-bond acceptors (Lipinski definition) is 3. The molecule has 0 aromatic carbocycles. The molecule has 1 rings (SSSR count). The van der Waals surface area contributed by atoms with Crippen LogP contribution in [0.1, 0.15) is 26.2 Å².